The molecule has 2 aromatic heterocycles. The van der Waals surface area contributed by atoms with Crippen molar-refractivity contribution in [2.24, 2.45) is 0 Å². The maximum Gasteiger partial charge on any atom is 0.357 e. The molecule has 0 aliphatic rings. The average molecular weight is 464 g/mol. The van der Waals surface area contributed by atoms with Gasteiger partial charge in [-0.2, -0.15) is 5.10 Å². The van der Waals surface area contributed by atoms with Gasteiger partial charge in [0, 0.05) is 6.07 Å². The minimum atomic E-state index is -0.837. The van der Waals surface area contributed by atoms with Crippen LogP contribution in [0.3, 0.4) is 0 Å². The van der Waals surface area contributed by atoms with Crippen molar-refractivity contribution >= 4 is 29.1 Å². The Bertz CT molecular complexity index is 1290. The lowest BCUT2D eigenvalue weighted by molar-refractivity contribution is -0.125. The molecule has 8 nitrogen and oxygen atoms in total. The van der Waals surface area contributed by atoms with Crippen molar-refractivity contribution in [3.05, 3.63) is 95.3 Å². The van der Waals surface area contributed by atoms with Crippen LogP contribution < -0.4 is 10.9 Å². The van der Waals surface area contributed by atoms with Crippen LogP contribution in [0.25, 0.3) is 16.3 Å². The third kappa shape index (κ3) is 5.13. The molecule has 0 saturated heterocycles. The molecular weight excluding hydrogens is 447 g/mol. The number of carbonyl (C=O) groups is 3. The van der Waals surface area contributed by atoms with E-state index in [1.165, 1.54) is 34.2 Å². The highest BCUT2D eigenvalue weighted by Crippen LogP contribution is 2.26. The summed E-state index contributed by atoms with van der Waals surface area (Å²) < 4.78 is 20.2. The molecule has 0 spiro atoms. The zero-order valence-corrected chi connectivity index (χ0v) is 17.8. The van der Waals surface area contributed by atoms with Gasteiger partial charge in [-0.1, -0.05) is 36.4 Å². The number of para-hydroxylation sites is 1. The molecule has 0 radical (unpaired) electrons. The summed E-state index contributed by atoms with van der Waals surface area (Å²) in [7, 11) is 0. The van der Waals surface area contributed by atoms with E-state index in [2.05, 4.69) is 16.0 Å². The number of hydrazine groups is 1. The van der Waals surface area contributed by atoms with Crippen LogP contribution in [0.2, 0.25) is 0 Å². The van der Waals surface area contributed by atoms with E-state index >= 15 is 0 Å². The van der Waals surface area contributed by atoms with Gasteiger partial charge in [-0.3, -0.25) is 20.4 Å². The molecule has 0 unspecified atom stereocenters. The predicted octanol–water partition coefficient (Wildman–Crippen LogP) is 3.36. The Labute approximate surface area is 191 Å². The first-order valence-corrected chi connectivity index (χ1v) is 10.6. The fourth-order valence-electron chi connectivity index (χ4n) is 2.92. The number of aromatic nitrogens is 2. The monoisotopic (exact) mass is 464 g/mol. The van der Waals surface area contributed by atoms with Gasteiger partial charge in [-0.15, -0.1) is 11.3 Å². The maximum atomic E-state index is 13.6. The predicted molar refractivity (Wildman–Crippen MR) is 119 cm³/mol. The van der Waals surface area contributed by atoms with Crippen molar-refractivity contribution < 1.29 is 23.5 Å². The minimum absolute atomic E-state index is 0.132. The van der Waals surface area contributed by atoms with Crippen LogP contribution in [0.5, 0.6) is 0 Å². The zero-order valence-electron chi connectivity index (χ0n) is 17.0. The summed E-state index contributed by atoms with van der Waals surface area (Å²) in [5.41, 5.74) is 5.29. The molecule has 2 heterocycles. The van der Waals surface area contributed by atoms with Gasteiger partial charge >= 0.3 is 5.97 Å². The van der Waals surface area contributed by atoms with E-state index in [-0.39, 0.29) is 11.3 Å². The number of benzene rings is 2. The molecule has 2 aromatic carbocycles. The lowest BCUT2D eigenvalue weighted by atomic mass is 10.2. The normalized spacial score (nSPS) is 10.5. The number of carbonyl (C=O) groups excluding carboxylic acids is 3. The molecule has 4 aromatic rings. The molecule has 0 bridgehead atoms. The second-order valence-electron chi connectivity index (χ2n) is 6.70. The van der Waals surface area contributed by atoms with E-state index in [9.17, 15) is 18.8 Å². The van der Waals surface area contributed by atoms with E-state index < -0.39 is 30.2 Å². The summed E-state index contributed by atoms with van der Waals surface area (Å²) in [4.78, 5) is 37.6. The first kappa shape index (κ1) is 21.9. The first-order valence-electron chi connectivity index (χ1n) is 9.73. The Morgan fingerprint density at radius 2 is 1.73 bits per heavy atom. The van der Waals surface area contributed by atoms with Crippen LogP contribution >= 0.6 is 11.3 Å². The Morgan fingerprint density at radius 1 is 0.970 bits per heavy atom. The summed E-state index contributed by atoms with van der Waals surface area (Å²) in [6, 6.07) is 19.7. The van der Waals surface area contributed by atoms with Gasteiger partial charge in [-0.05, 0) is 35.7 Å². The topological polar surface area (TPSA) is 102 Å². The highest BCUT2D eigenvalue weighted by Gasteiger charge is 2.20. The van der Waals surface area contributed by atoms with E-state index in [4.69, 9.17) is 4.74 Å². The standard InChI is InChI=1S/C23H17FN4O4S/c24-17-10-5-4-9-16(17)22(30)26-25-21(29)14-32-23(31)19-13-18(20-11-6-12-33-20)27-28(19)15-7-2-1-3-8-15/h1-13H,14H2,(H,25,29)(H,26,30). The van der Waals surface area contributed by atoms with Crippen LogP contribution in [0.15, 0.2) is 78.2 Å². The lowest BCUT2D eigenvalue weighted by Crippen LogP contribution is -2.43. The molecule has 0 atom stereocenters. The number of halogens is 1. The number of hydrogen-bond acceptors (Lipinski definition) is 6. The maximum absolute atomic E-state index is 13.6. The average Bonchev–Trinajstić information content (AvgIpc) is 3.52. The summed E-state index contributed by atoms with van der Waals surface area (Å²) in [5, 5.41) is 6.40. The Morgan fingerprint density at radius 3 is 2.45 bits per heavy atom. The fourth-order valence-corrected chi connectivity index (χ4v) is 3.60. The highest BCUT2D eigenvalue weighted by atomic mass is 32.1. The van der Waals surface area contributed by atoms with E-state index in [1.807, 2.05) is 35.7 Å². The second kappa shape index (κ2) is 9.88. The molecule has 2 amide bonds. The summed E-state index contributed by atoms with van der Waals surface area (Å²) in [5.74, 6) is -3.14. The van der Waals surface area contributed by atoms with Crippen molar-refractivity contribution in [2.75, 3.05) is 6.61 Å². The number of ether oxygens (including phenoxy) is 1. The molecule has 10 heteroatoms. The quantitative estimate of drug-likeness (QED) is 0.337. The van der Waals surface area contributed by atoms with E-state index in [0.29, 0.717) is 11.4 Å². The first-order chi connectivity index (χ1) is 16.0. The molecule has 33 heavy (non-hydrogen) atoms. The largest absolute Gasteiger partial charge is 0.451 e. The minimum Gasteiger partial charge on any atom is -0.451 e. The van der Waals surface area contributed by atoms with Crippen LogP contribution in [0, 0.1) is 5.82 Å². The van der Waals surface area contributed by atoms with Gasteiger partial charge in [-0.25, -0.2) is 13.9 Å². The third-order valence-corrected chi connectivity index (χ3v) is 5.35. The highest BCUT2D eigenvalue weighted by molar-refractivity contribution is 7.13. The van der Waals surface area contributed by atoms with Gasteiger partial charge in [0.05, 0.1) is 16.1 Å². The van der Waals surface area contributed by atoms with Crippen LogP contribution in [0.1, 0.15) is 20.8 Å². The van der Waals surface area contributed by atoms with Gasteiger partial charge in [0.1, 0.15) is 11.5 Å². The van der Waals surface area contributed by atoms with E-state index in [1.54, 1.807) is 18.2 Å². The van der Waals surface area contributed by atoms with Crippen molar-refractivity contribution in [1.82, 2.24) is 20.6 Å². The summed E-state index contributed by atoms with van der Waals surface area (Å²) in [6.45, 7) is -0.662. The summed E-state index contributed by atoms with van der Waals surface area (Å²) >= 11 is 1.47. The molecule has 0 aliphatic carbocycles. The number of amides is 2. The van der Waals surface area contributed by atoms with Crippen LogP contribution in [-0.2, 0) is 9.53 Å². The smallest absolute Gasteiger partial charge is 0.357 e. The van der Waals surface area contributed by atoms with E-state index in [0.717, 1.165) is 10.9 Å². The van der Waals surface area contributed by atoms with Crippen molar-refractivity contribution in [2.45, 2.75) is 0 Å². The molecule has 166 valence electrons. The molecular formula is C23H17FN4O4S. The number of esters is 1. The van der Waals surface area contributed by atoms with Crippen molar-refractivity contribution in [3.8, 4) is 16.3 Å². The van der Waals surface area contributed by atoms with Gasteiger partial charge < -0.3 is 4.74 Å². The molecule has 0 aliphatic heterocycles. The lowest BCUT2D eigenvalue weighted by Gasteiger charge is -2.09. The molecule has 4 rings (SSSR count). The van der Waals surface area contributed by atoms with Gasteiger partial charge in [0.15, 0.2) is 12.3 Å². The number of hydrogen-bond donors (Lipinski definition) is 2. The SMILES string of the molecule is O=C(COC(=O)c1cc(-c2cccs2)nn1-c1ccccc1)NNC(=O)c1ccccc1F. The van der Waals surface area contributed by atoms with Crippen LogP contribution in [0.4, 0.5) is 4.39 Å². The molecule has 0 fully saturated rings. The number of thiophene rings is 1. The molecule has 2 N–H and O–H groups in total. The third-order valence-electron chi connectivity index (χ3n) is 4.46. The molecule has 0 saturated carbocycles. The second-order valence-corrected chi connectivity index (χ2v) is 7.65. The zero-order chi connectivity index (χ0) is 23.2. The summed E-state index contributed by atoms with van der Waals surface area (Å²) in [6.07, 6.45) is 0. The van der Waals surface area contributed by atoms with Gasteiger partial charge in [0.25, 0.3) is 11.8 Å². The Balaban J connectivity index is 1.42. The van der Waals surface area contributed by atoms with Crippen LogP contribution in [-0.4, -0.2) is 34.2 Å². The Kier molecular flexibility index (Phi) is 6.56. The number of nitrogens with zero attached hydrogens (tertiary/aromatic N) is 2. The van der Waals surface area contributed by atoms with Gasteiger partial charge in [0.2, 0.25) is 0 Å². The Hall–Kier alpha value is -4.31. The van der Waals surface area contributed by atoms with Crippen molar-refractivity contribution in [3.63, 3.8) is 0 Å². The van der Waals surface area contributed by atoms with Crippen molar-refractivity contribution in [1.29, 1.82) is 0 Å². The number of nitrogens with one attached hydrogen (secondary N) is 2. The fraction of sp³-hybridized carbons (Fsp3) is 0.0435. The number of rotatable bonds is 6.